The number of rotatable bonds is 1. The quantitative estimate of drug-likeness (QED) is 0.366. The fourth-order valence-corrected chi connectivity index (χ4v) is 1.19. The molecule has 6 nitrogen and oxygen atoms in total. The predicted octanol–water partition coefficient (Wildman–Crippen LogP) is -2.57. The molecule has 78 valence electrons. The molecule has 13 heavy (non-hydrogen) atoms. The Kier molecular flexibility index (Phi) is 3.60. The lowest BCUT2D eigenvalue weighted by atomic mass is 10.0. The van der Waals surface area contributed by atoms with Crippen molar-refractivity contribution >= 4 is 0 Å². The van der Waals surface area contributed by atoms with Gasteiger partial charge in [-0.15, -0.1) is 0 Å². The summed E-state index contributed by atoms with van der Waals surface area (Å²) in [6.45, 7) is -0.187. The lowest BCUT2D eigenvalue weighted by Gasteiger charge is -2.23. The summed E-state index contributed by atoms with van der Waals surface area (Å²) >= 11 is 0. The van der Waals surface area contributed by atoms with Crippen molar-refractivity contribution in [2.45, 2.75) is 30.7 Å². The first-order valence-corrected chi connectivity index (χ1v) is 3.94. The van der Waals surface area contributed by atoms with E-state index in [4.69, 9.17) is 14.6 Å². The van der Waals surface area contributed by atoms with Gasteiger partial charge in [-0.25, -0.2) is 0 Å². The van der Waals surface area contributed by atoms with Crippen molar-refractivity contribution in [2.24, 2.45) is 0 Å². The van der Waals surface area contributed by atoms with Crippen molar-refractivity contribution in [3.8, 4) is 0 Å². The summed E-state index contributed by atoms with van der Waals surface area (Å²) in [4.78, 5) is 0. The lowest BCUT2D eigenvalue weighted by Crippen LogP contribution is -2.46. The van der Waals surface area contributed by atoms with Crippen LogP contribution in [-0.2, 0) is 9.47 Å². The van der Waals surface area contributed by atoms with Gasteiger partial charge in [0.15, 0.2) is 6.29 Å². The van der Waals surface area contributed by atoms with Crippen LogP contribution >= 0.6 is 0 Å². The highest BCUT2D eigenvalue weighted by molar-refractivity contribution is 4.85. The average molecular weight is 194 g/mol. The van der Waals surface area contributed by atoms with Gasteiger partial charge in [0.05, 0.1) is 6.61 Å². The van der Waals surface area contributed by atoms with Gasteiger partial charge in [-0.3, -0.25) is 0 Å². The summed E-state index contributed by atoms with van der Waals surface area (Å²) in [5.41, 5.74) is 0. The fourth-order valence-electron chi connectivity index (χ4n) is 1.19. The molecule has 0 aromatic rings. The molecule has 0 spiro atoms. The Morgan fingerprint density at radius 3 is 2.23 bits per heavy atom. The van der Waals surface area contributed by atoms with E-state index in [2.05, 4.69) is 0 Å². The minimum atomic E-state index is -1.47. The summed E-state index contributed by atoms with van der Waals surface area (Å²) in [6, 6.07) is 0. The van der Waals surface area contributed by atoms with Crippen molar-refractivity contribution in [1.29, 1.82) is 0 Å². The maximum absolute atomic E-state index is 9.33. The molecular formula is C7H14O6. The summed E-state index contributed by atoms with van der Waals surface area (Å²) in [6.07, 6.45) is -6.50. The second kappa shape index (κ2) is 4.32. The van der Waals surface area contributed by atoms with Gasteiger partial charge in [0.1, 0.15) is 24.4 Å². The molecule has 6 heteroatoms. The summed E-state index contributed by atoms with van der Waals surface area (Å²) in [7, 11) is 1.30. The summed E-state index contributed by atoms with van der Waals surface area (Å²) in [5, 5.41) is 37.0. The van der Waals surface area contributed by atoms with Crippen LogP contribution in [0.1, 0.15) is 0 Å². The van der Waals surface area contributed by atoms with Gasteiger partial charge in [0, 0.05) is 7.11 Å². The highest BCUT2D eigenvalue weighted by Crippen LogP contribution is 2.16. The Morgan fingerprint density at radius 1 is 1.08 bits per heavy atom. The molecule has 1 saturated heterocycles. The minimum absolute atomic E-state index is 0.187. The van der Waals surface area contributed by atoms with Crippen LogP contribution in [0.25, 0.3) is 0 Å². The first-order valence-electron chi connectivity index (χ1n) is 3.94. The first kappa shape index (κ1) is 10.8. The van der Waals surface area contributed by atoms with Crippen molar-refractivity contribution in [3.63, 3.8) is 0 Å². The maximum Gasteiger partial charge on any atom is 0.185 e. The first-order chi connectivity index (χ1) is 6.07. The van der Waals surface area contributed by atoms with Gasteiger partial charge < -0.3 is 29.9 Å². The summed E-state index contributed by atoms with van der Waals surface area (Å²) in [5.74, 6) is 0. The van der Waals surface area contributed by atoms with Crippen molar-refractivity contribution in [3.05, 3.63) is 0 Å². The molecule has 5 atom stereocenters. The van der Waals surface area contributed by atoms with Crippen LogP contribution in [0.3, 0.4) is 0 Å². The van der Waals surface area contributed by atoms with E-state index in [0.717, 1.165) is 0 Å². The van der Waals surface area contributed by atoms with E-state index in [1.54, 1.807) is 0 Å². The molecule has 1 aliphatic rings. The van der Waals surface area contributed by atoms with Gasteiger partial charge in [-0.1, -0.05) is 0 Å². The Morgan fingerprint density at radius 2 is 1.69 bits per heavy atom. The van der Waals surface area contributed by atoms with Crippen LogP contribution in [0, 0.1) is 0 Å². The monoisotopic (exact) mass is 194 g/mol. The zero-order chi connectivity index (χ0) is 10.0. The SMILES string of the molecule is COC1OC[C@@H](O)[C@@H](O)[C@H](O)[C@@H]1O. The number of aliphatic hydroxyl groups is 4. The van der Waals surface area contributed by atoms with Gasteiger partial charge in [0.25, 0.3) is 0 Å². The standard InChI is InChI=1S/C7H14O6/c1-12-7-6(11)5(10)4(9)3(8)2-13-7/h3-11H,2H2,1H3/t3-,4-,5+,6+,7?/m1/s1. The molecule has 1 rings (SSSR count). The van der Waals surface area contributed by atoms with Crippen LogP contribution < -0.4 is 0 Å². The number of hydrogen-bond acceptors (Lipinski definition) is 6. The van der Waals surface area contributed by atoms with E-state index in [1.807, 2.05) is 0 Å². The normalized spacial score (nSPS) is 47.3. The third-order valence-corrected chi connectivity index (χ3v) is 2.04. The molecule has 1 aliphatic heterocycles. The second-order valence-electron chi connectivity index (χ2n) is 2.98. The minimum Gasteiger partial charge on any atom is -0.388 e. The van der Waals surface area contributed by atoms with E-state index < -0.39 is 30.7 Å². The molecule has 0 aromatic heterocycles. The summed E-state index contributed by atoms with van der Waals surface area (Å²) < 4.78 is 9.57. The molecule has 1 unspecified atom stereocenters. The third kappa shape index (κ3) is 2.16. The highest BCUT2D eigenvalue weighted by atomic mass is 16.7. The van der Waals surface area contributed by atoms with Crippen molar-refractivity contribution in [2.75, 3.05) is 13.7 Å². The molecular weight excluding hydrogens is 180 g/mol. The van der Waals surface area contributed by atoms with Crippen LogP contribution in [0.4, 0.5) is 0 Å². The van der Waals surface area contributed by atoms with Gasteiger partial charge in [0.2, 0.25) is 0 Å². The van der Waals surface area contributed by atoms with E-state index in [-0.39, 0.29) is 6.61 Å². The topological polar surface area (TPSA) is 99.4 Å². The fraction of sp³-hybridized carbons (Fsp3) is 1.00. The lowest BCUT2D eigenvalue weighted by molar-refractivity contribution is -0.196. The van der Waals surface area contributed by atoms with E-state index in [9.17, 15) is 15.3 Å². The van der Waals surface area contributed by atoms with Crippen LogP contribution in [-0.4, -0.2) is 64.8 Å². The van der Waals surface area contributed by atoms with Crippen LogP contribution in [0.15, 0.2) is 0 Å². The Labute approximate surface area is 75.3 Å². The van der Waals surface area contributed by atoms with Gasteiger partial charge >= 0.3 is 0 Å². The zero-order valence-corrected chi connectivity index (χ0v) is 7.20. The number of methoxy groups -OCH3 is 1. The largest absolute Gasteiger partial charge is 0.388 e. The molecule has 0 amide bonds. The third-order valence-electron chi connectivity index (χ3n) is 2.04. The smallest absolute Gasteiger partial charge is 0.185 e. The van der Waals surface area contributed by atoms with Gasteiger partial charge in [-0.2, -0.15) is 0 Å². The molecule has 1 fully saturated rings. The van der Waals surface area contributed by atoms with Crippen molar-refractivity contribution in [1.82, 2.24) is 0 Å². The van der Waals surface area contributed by atoms with Gasteiger partial charge in [-0.05, 0) is 0 Å². The zero-order valence-electron chi connectivity index (χ0n) is 7.20. The Hall–Kier alpha value is -0.240. The molecule has 0 bridgehead atoms. The number of ether oxygens (including phenoxy) is 2. The molecule has 0 aliphatic carbocycles. The number of hydrogen-bond donors (Lipinski definition) is 4. The molecule has 4 N–H and O–H groups in total. The molecule has 0 radical (unpaired) electrons. The van der Waals surface area contributed by atoms with E-state index >= 15 is 0 Å². The predicted molar refractivity (Wildman–Crippen MR) is 40.8 cm³/mol. The Balaban J connectivity index is 2.69. The second-order valence-corrected chi connectivity index (χ2v) is 2.98. The van der Waals surface area contributed by atoms with Crippen LogP contribution in [0.2, 0.25) is 0 Å². The molecule has 0 aromatic carbocycles. The maximum atomic E-state index is 9.33. The van der Waals surface area contributed by atoms with Crippen molar-refractivity contribution < 1.29 is 29.9 Å². The van der Waals surface area contributed by atoms with E-state index in [1.165, 1.54) is 7.11 Å². The number of aliphatic hydroxyl groups excluding tert-OH is 4. The van der Waals surface area contributed by atoms with E-state index in [0.29, 0.717) is 0 Å². The molecule has 1 heterocycles. The highest BCUT2D eigenvalue weighted by Gasteiger charge is 2.39. The van der Waals surface area contributed by atoms with Crippen LogP contribution in [0.5, 0.6) is 0 Å². The average Bonchev–Trinajstić information content (AvgIpc) is 2.22. The Bertz CT molecular complexity index is 161. The molecule has 0 saturated carbocycles.